The molecule has 1 amide bonds. The van der Waals surface area contributed by atoms with Gasteiger partial charge in [-0.25, -0.2) is 0 Å². The first-order chi connectivity index (χ1) is 15.9. The van der Waals surface area contributed by atoms with Crippen LogP contribution in [0.4, 0.5) is 3.89 Å². The topological polar surface area (TPSA) is 63.7 Å². The SMILES string of the molecule is O=C1c2ccc(OCc3cccc(-c4ccc(S(=O)(=O)F)cc4)c3)cc2CN1C1CCCC1. The zero-order chi connectivity index (χ0) is 23.0. The maximum absolute atomic E-state index is 13.1. The number of halogens is 1. The van der Waals surface area contributed by atoms with Gasteiger partial charge in [-0.2, -0.15) is 8.42 Å². The van der Waals surface area contributed by atoms with Crippen LogP contribution in [0.15, 0.2) is 71.6 Å². The molecule has 5 nitrogen and oxygen atoms in total. The van der Waals surface area contributed by atoms with Crippen LogP contribution in [0.2, 0.25) is 0 Å². The Balaban J connectivity index is 1.27. The average Bonchev–Trinajstić information content (AvgIpc) is 3.45. The molecule has 1 heterocycles. The minimum atomic E-state index is -4.71. The van der Waals surface area contributed by atoms with E-state index in [2.05, 4.69) is 0 Å². The molecule has 3 aromatic rings. The third-order valence-corrected chi connectivity index (χ3v) is 7.31. The second-order valence-corrected chi connectivity index (χ2v) is 9.99. The molecular weight excluding hydrogens is 441 g/mol. The molecule has 170 valence electrons. The number of amides is 1. The lowest BCUT2D eigenvalue weighted by Crippen LogP contribution is -2.33. The summed E-state index contributed by atoms with van der Waals surface area (Å²) in [6.07, 6.45) is 4.56. The Morgan fingerprint density at radius 2 is 1.70 bits per heavy atom. The Kier molecular flexibility index (Phi) is 5.66. The Morgan fingerprint density at radius 3 is 2.42 bits per heavy atom. The van der Waals surface area contributed by atoms with E-state index in [4.69, 9.17) is 4.74 Å². The van der Waals surface area contributed by atoms with Crippen LogP contribution in [0.5, 0.6) is 5.75 Å². The first-order valence-electron chi connectivity index (χ1n) is 11.1. The Labute approximate surface area is 193 Å². The van der Waals surface area contributed by atoms with Crippen LogP contribution in [0.3, 0.4) is 0 Å². The Hall–Kier alpha value is -3.19. The van der Waals surface area contributed by atoms with Gasteiger partial charge in [-0.15, -0.1) is 3.89 Å². The lowest BCUT2D eigenvalue weighted by Gasteiger charge is -2.23. The summed E-state index contributed by atoms with van der Waals surface area (Å²) in [6, 6.07) is 19.4. The molecule has 1 saturated carbocycles. The van der Waals surface area contributed by atoms with E-state index in [0.29, 0.717) is 19.2 Å². The number of rotatable bonds is 6. The molecular formula is C26H24FNO4S. The molecule has 33 heavy (non-hydrogen) atoms. The quantitative estimate of drug-likeness (QED) is 0.452. The fraction of sp³-hybridized carbons (Fsp3) is 0.269. The predicted molar refractivity (Wildman–Crippen MR) is 123 cm³/mol. The number of benzene rings is 3. The highest BCUT2D eigenvalue weighted by atomic mass is 32.3. The number of carbonyl (C=O) groups is 1. The van der Waals surface area contributed by atoms with Gasteiger partial charge in [0.25, 0.3) is 5.91 Å². The smallest absolute Gasteiger partial charge is 0.332 e. The Bertz CT molecular complexity index is 1300. The van der Waals surface area contributed by atoms with E-state index in [-0.39, 0.29) is 10.8 Å². The highest BCUT2D eigenvalue weighted by Crippen LogP contribution is 2.33. The minimum Gasteiger partial charge on any atom is -0.489 e. The van der Waals surface area contributed by atoms with Crippen molar-refractivity contribution >= 4 is 16.1 Å². The number of carbonyl (C=O) groups excluding carboxylic acids is 1. The molecule has 0 unspecified atom stereocenters. The minimum absolute atomic E-state index is 0.128. The highest BCUT2D eigenvalue weighted by Gasteiger charge is 2.34. The summed E-state index contributed by atoms with van der Waals surface area (Å²) in [5.74, 6) is 0.848. The highest BCUT2D eigenvalue weighted by molar-refractivity contribution is 7.86. The predicted octanol–water partition coefficient (Wildman–Crippen LogP) is 5.49. The standard InChI is InChI=1S/C26H24FNO4S/c27-33(30,31)24-11-8-19(9-12-24)20-5-3-4-18(14-20)17-32-23-10-13-25-21(15-23)16-28(26(25)29)22-6-1-2-7-22/h3-5,8-15,22H,1-2,6-7,16-17H2. The lowest BCUT2D eigenvalue weighted by molar-refractivity contribution is 0.0707. The first kappa shape index (κ1) is 21.6. The lowest BCUT2D eigenvalue weighted by atomic mass is 10.0. The van der Waals surface area contributed by atoms with Crippen LogP contribution in [0, 0.1) is 0 Å². The van der Waals surface area contributed by atoms with Gasteiger partial charge in [0.15, 0.2) is 0 Å². The van der Waals surface area contributed by atoms with Crippen LogP contribution in [0.1, 0.15) is 47.2 Å². The second kappa shape index (κ2) is 8.63. The summed E-state index contributed by atoms with van der Waals surface area (Å²) in [5.41, 5.74) is 4.40. The molecule has 0 saturated heterocycles. The largest absolute Gasteiger partial charge is 0.489 e. The summed E-state index contributed by atoms with van der Waals surface area (Å²) < 4.78 is 41.2. The third kappa shape index (κ3) is 4.50. The van der Waals surface area contributed by atoms with Gasteiger partial charge >= 0.3 is 10.2 Å². The van der Waals surface area contributed by atoms with E-state index < -0.39 is 10.2 Å². The van der Waals surface area contributed by atoms with Gasteiger partial charge in [0.2, 0.25) is 0 Å². The zero-order valence-corrected chi connectivity index (χ0v) is 18.9. The van der Waals surface area contributed by atoms with Crippen molar-refractivity contribution in [1.29, 1.82) is 0 Å². The molecule has 7 heteroatoms. The van der Waals surface area contributed by atoms with Crippen molar-refractivity contribution in [2.75, 3.05) is 0 Å². The van der Waals surface area contributed by atoms with E-state index >= 15 is 0 Å². The van der Waals surface area contributed by atoms with E-state index in [1.54, 1.807) is 12.1 Å². The third-order valence-electron chi connectivity index (χ3n) is 6.48. The summed E-state index contributed by atoms with van der Waals surface area (Å²) >= 11 is 0. The van der Waals surface area contributed by atoms with Crippen LogP contribution in [-0.4, -0.2) is 25.3 Å². The number of hydrogen-bond donors (Lipinski definition) is 0. The van der Waals surface area contributed by atoms with Gasteiger partial charge in [0.1, 0.15) is 12.4 Å². The van der Waals surface area contributed by atoms with Crippen LogP contribution in [-0.2, 0) is 23.4 Å². The molecule has 0 radical (unpaired) electrons. The van der Waals surface area contributed by atoms with Gasteiger partial charge in [-0.1, -0.05) is 43.2 Å². The van der Waals surface area contributed by atoms with Crippen molar-refractivity contribution in [3.8, 4) is 16.9 Å². The fourth-order valence-electron chi connectivity index (χ4n) is 4.74. The van der Waals surface area contributed by atoms with Crippen molar-refractivity contribution in [3.05, 3.63) is 83.4 Å². The number of nitrogens with zero attached hydrogens (tertiary/aromatic N) is 1. The Morgan fingerprint density at radius 1 is 0.939 bits per heavy atom. The van der Waals surface area contributed by atoms with Crippen LogP contribution < -0.4 is 4.74 Å². The van der Waals surface area contributed by atoms with Crippen LogP contribution >= 0.6 is 0 Å². The van der Waals surface area contributed by atoms with E-state index in [1.807, 2.05) is 47.4 Å². The van der Waals surface area contributed by atoms with E-state index in [9.17, 15) is 17.1 Å². The monoisotopic (exact) mass is 465 g/mol. The number of hydrogen-bond acceptors (Lipinski definition) is 4. The molecule has 1 aliphatic heterocycles. The maximum Gasteiger partial charge on any atom is 0.332 e. The van der Waals surface area contributed by atoms with Gasteiger partial charge in [0, 0.05) is 18.2 Å². The molecule has 0 aromatic heterocycles. The second-order valence-electron chi connectivity index (χ2n) is 8.64. The van der Waals surface area contributed by atoms with E-state index in [1.165, 1.54) is 25.0 Å². The summed E-state index contributed by atoms with van der Waals surface area (Å²) in [6.45, 7) is 1.000. The van der Waals surface area contributed by atoms with Crippen molar-refractivity contribution in [2.45, 2.75) is 49.8 Å². The van der Waals surface area contributed by atoms with Crippen molar-refractivity contribution in [2.24, 2.45) is 0 Å². The first-order valence-corrected chi connectivity index (χ1v) is 12.5. The molecule has 3 aromatic carbocycles. The zero-order valence-electron chi connectivity index (χ0n) is 18.0. The van der Waals surface area contributed by atoms with Gasteiger partial charge in [-0.05, 0) is 71.5 Å². The van der Waals surface area contributed by atoms with Gasteiger partial charge < -0.3 is 9.64 Å². The fourth-order valence-corrected chi connectivity index (χ4v) is 5.20. The van der Waals surface area contributed by atoms with Crippen molar-refractivity contribution in [3.63, 3.8) is 0 Å². The normalized spacial score (nSPS) is 16.3. The van der Waals surface area contributed by atoms with Crippen molar-refractivity contribution in [1.82, 2.24) is 4.90 Å². The summed E-state index contributed by atoms with van der Waals surface area (Å²) in [5, 5.41) is 0. The number of fused-ring (bicyclic) bond motifs is 1. The summed E-state index contributed by atoms with van der Waals surface area (Å²) in [4.78, 5) is 14.4. The number of ether oxygens (including phenoxy) is 1. The van der Waals surface area contributed by atoms with Gasteiger partial charge in [0.05, 0.1) is 4.90 Å². The molecule has 5 rings (SSSR count). The van der Waals surface area contributed by atoms with Gasteiger partial charge in [-0.3, -0.25) is 4.79 Å². The van der Waals surface area contributed by atoms with Crippen molar-refractivity contribution < 1.29 is 21.8 Å². The molecule has 0 bridgehead atoms. The molecule has 0 atom stereocenters. The molecule has 1 fully saturated rings. The summed E-state index contributed by atoms with van der Waals surface area (Å²) in [7, 11) is -4.71. The van der Waals surface area contributed by atoms with E-state index in [0.717, 1.165) is 46.4 Å². The molecule has 0 N–H and O–H groups in total. The molecule has 0 spiro atoms. The average molecular weight is 466 g/mol. The molecule has 2 aliphatic rings. The molecule has 1 aliphatic carbocycles. The maximum atomic E-state index is 13.1. The van der Waals surface area contributed by atoms with Crippen LogP contribution in [0.25, 0.3) is 11.1 Å².